The average molecular weight is 289 g/mol. The molecule has 110 valence electrons. The summed E-state index contributed by atoms with van der Waals surface area (Å²) in [5.74, 6) is 0.761. The minimum absolute atomic E-state index is 0.0956. The van der Waals surface area contributed by atoms with E-state index in [2.05, 4.69) is 22.4 Å². The van der Waals surface area contributed by atoms with Gasteiger partial charge < -0.3 is 0 Å². The first-order chi connectivity index (χ1) is 8.77. The molecule has 0 spiro atoms. The maximum absolute atomic E-state index is 11.6. The summed E-state index contributed by atoms with van der Waals surface area (Å²) < 4.78 is 24.9. The molecule has 0 aliphatic heterocycles. The van der Waals surface area contributed by atoms with Crippen molar-refractivity contribution in [1.29, 1.82) is 0 Å². The van der Waals surface area contributed by atoms with Crippen LogP contribution in [0.3, 0.4) is 0 Å². The van der Waals surface area contributed by atoms with Gasteiger partial charge in [0.25, 0.3) is 0 Å². The van der Waals surface area contributed by atoms with Crippen molar-refractivity contribution in [2.45, 2.75) is 51.6 Å². The van der Waals surface area contributed by atoms with Gasteiger partial charge in [-0.05, 0) is 37.7 Å². The van der Waals surface area contributed by atoms with E-state index in [1.165, 1.54) is 6.26 Å². The van der Waals surface area contributed by atoms with Gasteiger partial charge in [-0.2, -0.15) is 0 Å². The highest BCUT2D eigenvalue weighted by Crippen LogP contribution is 2.12. The summed E-state index contributed by atoms with van der Waals surface area (Å²) in [6.45, 7) is 6.99. The van der Waals surface area contributed by atoms with Crippen molar-refractivity contribution in [3.8, 4) is 0 Å². The van der Waals surface area contributed by atoms with E-state index in [4.69, 9.17) is 0 Å². The molecule has 0 N–H and O–H groups in total. The van der Waals surface area contributed by atoms with Crippen LogP contribution in [0.1, 0.15) is 33.0 Å². The van der Waals surface area contributed by atoms with Crippen molar-refractivity contribution in [3.63, 3.8) is 0 Å². The summed E-state index contributed by atoms with van der Waals surface area (Å²) in [6, 6.07) is -0.0956. The molecular weight excluding hydrogens is 266 g/mol. The molecule has 7 nitrogen and oxygen atoms in total. The van der Waals surface area contributed by atoms with Crippen LogP contribution in [0.2, 0.25) is 0 Å². The molecule has 0 fully saturated rings. The predicted octanol–water partition coefficient (Wildman–Crippen LogP) is 0.337. The molecule has 0 aromatic carbocycles. The second-order valence-corrected chi connectivity index (χ2v) is 7.41. The zero-order chi connectivity index (χ0) is 14.6. The second kappa shape index (κ2) is 6.42. The fourth-order valence-corrected chi connectivity index (χ4v) is 2.73. The summed E-state index contributed by atoms with van der Waals surface area (Å²) in [6.07, 6.45) is 2.22. The maximum atomic E-state index is 11.6. The molecule has 2 atom stereocenters. The molecule has 0 unspecified atom stereocenters. The van der Waals surface area contributed by atoms with Crippen molar-refractivity contribution in [1.82, 2.24) is 25.1 Å². The van der Waals surface area contributed by atoms with Crippen LogP contribution in [-0.4, -0.2) is 58.1 Å². The van der Waals surface area contributed by atoms with Crippen LogP contribution in [0.25, 0.3) is 0 Å². The van der Waals surface area contributed by atoms with E-state index in [0.717, 1.165) is 18.8 Å². The zero-order valence-electron chi connectivity index (χ0n) is 12.2. The molecule has 0 radical (unpaired) electrons. The van der Waals surface area contributed by atoms with Crippen LogP contribution in [0.5, 0.6) is 0 Å². The number of hydrogen-bond donors (Lipinski definition) is 0. The molecule has 0 amide bonds. The fraction of sp³-hybridized carbons (Fsp3) is 0.909. The quantitative estimate of drug-likeness (QED) is 0.720. The van der Waals surface area contributed by atoms with Gasteiger partial charge in [-0.3, -0.25) is 4.90 Å². The van der Waals surface area contributed by atoms with Gasteiger partial charge in [-0.15, -0.1) is 5.10 Å². The third-order valence-corrected chi connectivity index (χ3v) is 5.23. The summed E-state index contributed by atoms with van der Waals surface area (Å²) >= 11 is 0. The molecule has 1 heterocycles. The first kappa shape index (κ1) is 16.0. The van der Waals surface area contributed by atoms with Gasteiger partial charge in [0.2, 0.25) is 0 Å². The SMILES string of the molecule is CCCn1nnnc1CN(C)[C@@H](C)[C@H](C)S(C)(=O)=O. The molecule has 0 saturated heterocycles. The van der Waals surface area contributed by atoms with E-state index in [1.807, 2.05) is 18.9 Å². The van der Waals surface area contributed by atoms with Gasteiger partial charge in [0.05, 0.1) is 11.8 Å². The van der Waals surface area contributed by atoms with Gasteiger partial charge in [0.1, 0.15) is 0 Å². The Morgan fingerprint density at radius 2 is 2.00 bits per heavy atom. The van der Waals surface area contributed by atoms with E-state index in [9.17, 15) is 8.42 Å². The molecule has 8 heteroatoms. The van der Waals surface area contributed by atoms with Gasteiger partial charge in [0, 0.05) is 18.8 Å². The lowest BCUT2D eigenvalue weighted by molar-refractivity contribution is 0.234. The van der Waals surface area contributed by atoms with E-state index in [0.29, 0.717) is 6.54 Å². The predicted molar refractivity (Wildman–Crippen MR) is 73.3 cm³/mol. The number of aryl methyl sites for hydroxylation is 1. The summed E-state index contributed by atoms with van der Waals surface area (Å²) in [5.41, 5.74) is 0. The number of sulfone groups is 1. The molecule has 19 heavy (non-hydrogen) atoms. The minimum Gasteiger partial charge on any atom is -0.295 e. The Kier molecular flexibility index (Phi) is 5.42. The van der Waals surface area contributed by atoms with Crippen molar-refractivity contribution < 1.29 is 8.42 Å². The normalized spacial score (nSPS) is 15.7. The molecular formula is C11H23N5O2S. The number of hydrogen-bond acceptors (Lipinski definition) is 6. The van der Waals surface area contributed by atoms with Crippen LogP contribution in [0.15, 0.2) is 0 Å². The fourth-order valence-electron chi connectivity index (χ4n) is 1.81. The highest BCUT2D eigenvalue weighted by atomic mass is 32.2. The Morgan fingerprint density at radius 1 is 1.37 bits per heavy atom. The topological polar surface area (TPSA) is 81.0 Å². The maximum Gasteiger partial charge on any atom is 0.165 e. The number of tetrazole rings is 1. The smallest absolute Gasteiger partial charge is 0.165 e. The molecule has 1 rings (SSSR count). The van der Waals surface area contributed by atoms with Gasteiger partial charge in [0.15, 0.2) is 15.7 Å². The second-order valence-electron chi connectivity index (χ2n) is 5.01. The van der Waals surface area contributed by atoms with Crippen molar-refractivity contribution in [2.24, 2.45) is 0 Å². The lowest BCUT2D eigenvalue weighted by Gasteiger charge is -2.28. The van der Waals surface area contributed by atoms with Gasteiger partial charge in [-0.1, -0.05) is 6.92 Å². The molecule has 0 bridgehead atoms. The molecule has 0 saturated carbocycles. The van der Waals surface area contributed by atoms with Crippen LogP contribution in [-0.2, 0) is 22.9 Å². The average Bonchev–Trinajstić information content (AvgIpc) is 2.74. The Balaban J connectivity index is 2.73. The van der Waals surface area contributed by atoms with Crippen molar-refractivity contribution in [2.75, 3.05) is 13.3 Å². The van der Waals surface area contributed by atoms with E-state index in [1.54, 1.807) is 11.6 Å². The Hall–Kier alpha value is -1.02. The van der Waals surface area contributed by atoms with E-state index < -0.39 is 15.1 Å². The number of aromatic nitrogens is 4. The van der Waals surface area contributed by atoms with E-state index in [-0.39, 0.29) is 6.04 Å². The first-order valence-corrected chi connectivity index (χ1v) is 8.37. The third-order valence-electron chi connectivity index (χ3n) is 3.48. The van der Waals surface area contributed by atoms with Gasteiger partial charge in [-0.25, -0.2) is 13.1 Å². The molecule has 1 aromatic heterocycles. The van der Waals surface area contributed by atoms with Crippen LogP contribution >= 0.6 is 0 Å². The Bertz CT molecular complexity index is 499. The molecule has 1 aromatic rings. The van der Waals surface area contributed by atoms with Crippen molar-refractivity contribution in [3.05, 3.63) is 5.82 Å². The van der Waals surface area contributed by atoms with Crippen LogP contribution in [0, 0.1) is 0 Å². The molecule has 0 aliphatic carbocycles. The third kappa shape index (κ3) is 4.24. The van der Waals surface area contributed by atoms with Crippen molar-refractivity contribution >= 4 is 9.84 Å². The largest absolute Gasteiger partial charge is 0.295 e. The van der Waals surface area contributed by atoms with E-state index >= 15 is 0 Å². The van der Waals surface area contributed by atoms with Gasteiger partial charge >= 0.3 is 0 Å². The highest BCUT2D eigenvalue weighted by molar-refractivity contribution is 7.91. The summed E-state index contributed by atoms with van der Waals surface area (Å²) in [4.78, 5) is 1.96. The van der Waals surface area contributed by atoms with Crippen LogP contribution in [0.4, 0.5) is 0 Å². The Labute approximate surface area is 114 Å². The lowest BCUT2D eigenvalue weighted by Crippen LogP contribution is -2.41. The first-order valence-electron chi connectivity index (χ1n) is 6.41. The summed E-state index contributed by atoms with van der Waals surface area (Å²) in [7, 11) is -1.16. The summed E-state index contributed by atoms with van der Waals surface area (Å²) in [5, 5.41) is 11.2. The van der Waals surface area contributed by atoms with Crippen LogP contribution < -0.4 is 0 Å². The zero-order valence-corrected chi connectivity index (χ0v) is 13.1. The number of rotatable bonds is 7. The standard InChI is InChI=1S/C11H23N5O2S/c1-6-7-16-11(12-13-14-16)8-15(4)9(2)10(3)19(5,17)18/h9-10H,6-8H2,1-5H3/t9-,10-/m0/s1. The molecule has 0 aliphatic rings. The number of nitrogens with zero attached hydrogens (tertiary/aromatic N) is 5. The minimum atomic E-state index is -3.05. The monoisotopic (exact) mass is 289 g/mol. The lowest BCUT2D eigenvalue weighted by atomic mass is 10.2. The highest BCUT2D eigenvalue weighted by Gasteiger charge is 2.26. The Morgan fingerprint density at radius 3 is 2.53 bits per heavy atom.